The summed E-state index contributed by atoms with van der Waals surface area (Å²) in [6.07, 6.45) is 2.23. The van der Waals surface area contributed by atoms with Crippen LogP contribution in [-0.4, -0.2) is 57.6 Å². The number of nitrogens with zero attached hydrogens (tertiary/aromatic N) is 2. The van der Waals surface area contributed by atoms with Crippen LogP contribution in [0.5, 0.6) is 5.75 Å². The Morgan fingerprint density at radius 2 is 1.77 bits per heavy atom. The molecule has 35 heavy (non-hydrogen) atoms. The summed E-state index contributed by atoms with van der Waals surface area (Å²) in [7, 11) is -2.21. The highest BCUT2D eigenvalue weighted by atomic mass is 32.2. The largest absolute Gasteiger partial charge is 0.497 e. The van der Waals surface area contributed by atoms with Crippen LogP contribution in [0.3, 0.4) is 0 Å². The zero-order valence-corrected chi connectivity index (χ0v) is 22.3. The van der Waals surface area contributed by atoms with Gasteiger partial charge in [-0.1, -0.05) is 38.1 Å². The maximum absolute atomic E-state index is 13.7. The van der Waals surface area contributed by atoms with E-state index in [-0.39, 0.29) is 12.5 Å². The summed E-state index contributed by atoms with van der Waals surface area (Å²) in [5, 5.41) is 2.87. The number of nitrogens with one attached hydrogen (secondary N) is 1. The summed E-state index contributed by atoms with van der Waals surface area (Å²) in [4.78, 5) is 28.2. The van der Waals surface area contributed by atoms with Gasteiger partial charge in [0.25, 0.3) is 0 Å². The van der Waals surface area contributed by atoms with E-state index in [1.54, 1.807) is 31.4 Å². The molecule has 0 aliphatic carbocycles. The molecule has 0 radical (unpaired) electrons. The zero-order valence-electron chi connectivity index (χ0n) is 21.5. The number of aryl methyl sites for hydroxylation is 1. The summed E-state index contributed by atoms with van der Waals surface area (Å²) in [5.41, 5.74) is 2.92. The van der Waals surface area contributed by atoms with Crippen molar-refractivity contribution in [2.24, 2.45) is 0 Å². The number of ether oxygens (including phenoxy) is 1. The molecule has 1 atom stereocenters. The van der Waals surface area contributed by atoms with Crippen LogP contribution in [0.4, 0.5) is 5.69 Å². The van der Waals surface area contributed by atoms with Gasteiger partial charge in [-0.3, -0.25) is 13.9 Å². The van der Waals surface area contributed by atoms with E-state index in [1.807, 2.05) is 45.9 Å². The van der Waals surface area contributed by atoms with Crippen LogP contribution >= 0.6 is 0 Å². The molecule has 8 nitrogen and oxygen atoms in total. The summed E-state index contributed by atoms with van der Waals surface area (Å²) < 4.78 is 32.0. The minimum Gasteiger partial charge on any atom is -0.497 e. The van der Waals surface area contributed by atoms with Crippen LogP contribution in [-0.2, 0) is 26.2 Å². The molecule has 1 N–H and O–H groups in total. The van der Waals surface area contributed by atoms with Crippen molar-refractivity contribution >= 4 is 27.5 Å². The third-order valence-corrected chi connectivity index (χ3v) is 7.07. The SMILES string of the molecule is CCCNC(=O)C(CC)N(Cc1cccc(OC)c1)C(=O)CN(c1cccc(C)c1C)S(C)(=O)=O. The molecule has 0 aliphatic heterocycles. The van der Waals surface area contributed by atoms with E-state index in [9.17, 15) is 18.0 Å². The minimum atomic E-state index is -3.77. The average molecular weight is 504 g/mol. The summed E-state index contributed by atoms with van der Waals surface area (Å²) in [6.45, 7) is 7.73. The van der Waals surface area contributed by atoms with Crippen molar-refractivity contribution in [3.05, 3.63) is 59.2 Å². The fraction of sp³-hybridized carbons (Fsp3) is 0.462. The van der Waals surface area contributed by atoms with Gasteiger partial charge in [-0.05, 0) is 61.6 Å². The zero-order chi connectivity index (χ0) is 26.2. The third-order valence-electron chi connectivity index (χ3n) is 5.95. The molecule has 0 saturated carbocycles. The van der Waals surface area contributed by atoms with Gasteiger partial charge in [0.2, 0.25) is 21.8 Å². The average Bonchev–Trinajstić information content (AvgIpc) is 2.82. The van der Waals surface area contributed by atoms with Crippen molar-refractivity contribution in [2.45, 2.75) is 53.1 Å². The maximum Gasteiger partial charge on any atom is 0.244 e. The molecular formula is C26H37N3O5S. The topological polar surface area (TPSA) is 96.0 Å². The van der Waals surface area contributed by atoms with E-state index in [0.29, 0.717) is 24.4 Å². The molecular weight excluding hydrogens is 466 g/mol. The highest BCUT2D eigenvalue weighted by molar-refractivity contribution is 7.92. The van der Waals surface area contributed by atoms with Gasteiger partial charge in [0, 0.05) is 13.1 Å². The first-order valence-electron chi connectivity index (χ1n) is 11.8. The van der Waals surface area contributed by atoms with Gasteiger partial charge in [-0.2, -0.15) is 0 Å². The van der Waals surface area contributed by atoms with Crippen molar-refractivity contribution in [2.75, 3.05) is 30.8 Å². The summed E-state index contributed by atoms with van der Waals surface area (Å²) in [6, 6.07) is 11.9. The molecule has 0 bridgehead atoms. The van der Waals surface area contributed by atoms with E-state index < -0.39 is 28.5 Å². The number of benzene rings is 2. The molecule has 2 aromatic rings. The number of rotatable bonds is 12. The second-order valence-corrected chi connectivity index (χ2v) is 10.5. The standard InChI is InChI=1S/C26H37N3O5S/c1-7-15-27-26(31)23(8-2)28(17-21-12-10-13-22(16-21)34-5)25(30)18-29(35(6,32)33)24-14-9-11-19(3)20(24)4/h9-14,16,23H,7-8,15,17-18H2,1-6H3,(H,27,31). The Bertz CT molecular complexity index is 1130. The van der Waals surface area contributed by atoms with Gasteiger partial charge in [-0.25, -0.2) is 8.42 Å². The Morgan fingerprint density at radius 1 is 1.09 bits per heavy atom. The van der Waals surface area contributed by atoms with Gasteiger partial charge >= 0.3 is 0 Å². The van der Waals surface area contributed by atoms with E-state index in [0.717, 1.165) is 33.7 Å². The third kappa shape index (κ3) is 7.45. The lowest BCUT2D eigenvalue weighted by molar-refractivity contribution is -0.140. The lowest BCUT2D eigenvalue weighted by Gasteiger charge is -2.33. The Morgan fingerprint density at radius 3 is 2.37 bits per heavy atom. The molecule has 9 heteroatoms. The molecule has 0 heterocycles. The molecule has 0 fully saturated rings. The second-order valence-electron chi connectivity index (χ2n) is 8.58. The number of carbonyl (C=O) groups is 2. The van der Waals surface area contributed by atoms with Crippen molar-refractivity contribution in [3.8, 4) is 5.75 Å². The molecule has 0 saturated heterocycles. The van der Waals surface area contributed by atoms with E-state index in [2.05, 4.69) is 5.32 Å². The number of hydrogen-bond acceptors (Lipinski definition) is 5. The van der Waals surface area contributed by atoms with Crippen molar-refractivity contribution in [1.82, 2.24) is 10.2 Å². The first-order chi connectivity index (χ1) is 16.5. The Hall–Kier alpha value is -3.07. The second kappa shape index (κ2) is 12.6. The van der Waals surface area contributed by atoms with Gasteiger partial charge in [0.05, 0.1) is 19.1 Å². The normalized spacial score (nSPS) is 12.1. The van der Waals surface area contributed by atoms with Crippen LogP contribution < -0.4 is 14.4 Å². The lowest BCUT2D eigenvalue weighted by atomic mass is 10.1. The molecule has 0 aromatic heterocycles. The number of sulfonamides is 1. The number of hydrogen-bond donors (Lipinski definition) is 1. The minimum absolute atomic E-state index is 0.137. The van der Waals surface area contributed by atoms with Gasteiger partial charge in [0.15, 0.2) is 0 Å². The number of methoxy groups -OCH3 is 1. The van der Waals surface area contributed by atoms with Crippen LogP contribution in [0.1, 0.15) is 43.4 Å². The fourth-order valence-electron chi connectivity index (χ4n) is 3.85. The quantitative estimate of drug-likeness (QED) is 0.479. The van der Waals surface area contributed by atoms with Crippen LogP contribution in [0, 0.1) is 13.8 Å². The maximum atomic E-state index is 13.7. The highest BCUT2D eigenvalue weighted by Gasteiger charge is 2.32. The van der Waals surface area contributed by atoms with Gasteiger partial charge in [0.1, 0.15) is 18.3 Å². The first kappa shape index (κ1) is 28.2. The van der Waals surface area contributed by atoms with E-state index in [1.165, 1.54) is 4.90 Å². The monoisotopic (exact) mass is 503 g/mol. The Kier molecular flexibility index (Phi) is 10.1. The molecule has 192 valence electrons. The Labute approximate surface area is 209 Å². The van der Waals surface area contributed by atoms with Crippen LogP contribution in [0.2, 0.25) is 0 Å². The molecule has 2 rings (SSSR count). The van der Waals surface area contributed by atoms with Gasteiger partial charge < -0.3 is 15.0 Å². The van der Waals surface area contributed by atoms with Crippen molar-refractivity contribution in [1.29, 1.82) is 0 Å². The van der Waals surface area contributed by atoms with E-state index in [4.69, 9.17) is 4.74 Å². The highest BCUT2D eigenvalue weighted by Crippen LogP contribution is 2.26. The predicted molar refractivity (Wildman–Crippen MR) is 139 cm³/mol. The van der Waals surface area contributed by atoms with Crippen molar-refractivity contribution in [3.63, 3.8) is 0 Å². The lowest BCUT2D eigenvalue weighted by Crippen LogP contribution is -2.52. The molecule has 0 spiro atoms. The predicted octanol–water partition coefficient (Wildman–Crippen LogP) is 3.41. The fourth-order valence-corrected chi connectivity index (χ4v) is 4.75. The first-order valence-corrected chi connectivity index (χ1v) is 13.6. The number of amides is 2. The van der Waals surface area contributed by atoms with Crippen LogP contribution in [0.25, 0.3) is 0 Å². The number of anilines is 1. The summed E-state index contributed by atoms with van der Waals surface area (Å²) >= 11 is 0. The molecule has 1 unspecified atom stereocenters. The molecule has 2 amide bonds. The Balaban J connectivity index is 2.48. The smallest absolute Gasteiger partial charge is 0.244 e. The van der Waals surface area contributed by atoms with E-state index >= 15 is 0 Å². The van der Waals surface area contributed by atoms with Crippen LogP contribution in [0.15, 0.2) is 42.5 Å². The number of carbonyl (C=O) groups excluding carboxylic acids is 2. The molecule has 2 aromatic carbocycles. The summed E-state index contributed by atoms with van der Waals surface area (Å²) in [5.74, 6) is -0.0904. The van der Waals surface area contributed by atoms with Gasteiger partial charge in [-0.15, -0.1) is 0 Å². The van der Waals surface area contributed by atoms with Crippen molar-refractivity contribution < 1.29 is 22.7 Å². The molecule has 0 aliphatic rings.